The zero-order chi connectivity index (χ0) is 99.2. The molecule has 9 heterocycles. The molecule has 4 fully saturated rings. The van der Waals surface area contributed by atoms with E-state index < -0.39 is 16.6 Å². The summed E-state index contributed by atoms with van der Waals surface area (Å²) >= 11 is 5.96. The van der Waals surface area contributed by atoms with E-state index in [4.69, 9.17) is 21.1 Å². The lowest BCUT2D eigenvalue weighted by atomic mass is 9.88. The molecule has 0 aromatic heterocycles. The second-order valence-corrected chi connectivity index (χ2v) is 38.9. The second-order valence-electron chi connectivity index (χ2n) is 38.2. The van der Waals surface area contributed by atoms with E-state index in [1.54, 1.807) is 75.2 Å². The van der Waals surface area contributed by atoms with Crippen molar-refractivity contribution in [2.75, 3.05) is 120 Å². The summed E-state index contributed by atoms with van der Waals surface area (Å²) in [6.07, 6.45) is 8.80. The van der Waals surface area contributed by atoms with Gasteiger partial charge in [-0.05, 0) is 275 Å². The van der Waals surface area contributed by atoms with E-state index in [9.17, 15) is 54.6 Å². The molecule has 9 amide bonds. The normalized spacial score (nSPS) is 20.2. The predicted molar refractivity (Wildman–Crippen MR) is 543 cm³/mol. The van der Waals surface area contributed by atoms with E-state index in [0.717, 1.165) is 147 Å². The predicted octanol–water partition coefficient (Wildman–Crippen LogP) is 21.5. The Balaban J connectivity index is 0.000000152. The number of likely N-dealkylation sites (N-methyl/N-ethyl adjacent to an activating group) is 4. The number of amides is 9. The van der Waals surface area contributed by atoms with E-state index in [2.05, 4.69) is 81.9 Å². The molecule has 140 heavy (non-hydrogen) atoms. The van der Waals surface area contributed by atoms with Crippen LogP contribution < -0.4 is 21.3 Å². The van der Waals surface area contributed by atoms with Gasteiger partial charge in [0.05, 0.1) is 36.3 Å². The Hall–Kier alpha value is -11.9. The largest absolute Gasteiger partial charge is 0.444 e. The van der Waals surface area contributed by atoms with Gasteiger partial charge in [0.15, 0.2) is 0 Å². The topological polar surface area (TPSA) is 198 Å². The zero-order valence-electron chi connectivity index (χ0n) is 81.2. The van der Waals surface area contributed by atoms with Crippen molar-refractivity contribution < 1.29 is 64.1 Å². The highest BCUT2D eigenvalue weighted by Crippen LogP contribution is 2.42. The first-order valence-electron chi connectivity index (χ1n) is 47.9. The van der Waals surface area contributed by atoms with Gasteiger partial charge in [0.1, 0.15) is 40.3 Å². The van der Waals surface area contributed by atoms with Crippen molar-refractivity contribution in [2.45, 2.75) is 172 Å². The van der Waals surface area contributed by atoms with E-state index in [0.29, 0.717) is 51.7 Å². The van der Waals surface area contributed by atoms with Gasteiger partial charge in [0, 0.05) is 130 Å². The van der Waals surface area contributed by atoms with Crippen LogP contribution in [0.1, 0.15) is 188 Å². The van der Waals surface area contributed by atoms with E-state index in [1.165, 1.54) is 100 Å². The molecule has 2 unspecified atom stereocenters. The number of carbonyl (C=O) groups is 6. The van der Waals surface area contributed by atoms with Crippen LogP contribution in [0.15, 0.2) is 243 Å². The number of nitrogens with one attached hydrogen (secondary N) is 4. The Morgan fingerprint density at radius 3 is 0.971 bits per heavy atom. The van der Waals surface area contributed by atoms with Crippen molar-refractivity contribution in [1.82, 2.24) is 65.4 Å². The zero-order valence-corrected chi connectivity index (χ0v) is 82.8. The highest BCUT2D eigenvalue weighted by atomic mass is 35.5. The van der Waals surface area contributed by atoms with Gasteiger partial charge in [-0.1, -0.05) is 189 Å². The molecule has 9 aliphatic rings. The number of nitrogens with zero attached hydrogens (tertiary/aromatic N) is 9. The molecule has 21 nitrogen and oxygen atoms in total. The van der Waals surface area contributed by atoms with Crippen LogP contribution in [0, 0.1) is 29.1 Å². The van der Waals surface area contributed by atoms with Crippen LogP contribution in [-0.2, 0) is 41.6 Å². The molecule has 0 aliphatic carbocycles. The van der Waals surface area contributed by atoms with Crippen molar-refractivity contribution in [3.63, 3.8) is 0 Å². The van der Waals surface area contributed by atoms with Crippen molar-refractivity contribution in [3.05, 3.63) is 355 Å². The van der Waals surface area contributed by atoms with Gasteiger partial charge >= 0.3 is 35.6 Å². The third-order valence-corrected chi connectivity index (χ3v) is 27.0. The Kier molecular flexibility index (Phi) is 38.2. The summed E-state index contributed by atoms with van der Waals surface area (Å²) in [5.74, 6) is -1.29. The molecule has 0 saturated carbocycles. The molecule has 746 valence electrons. The lowest BCUT2D eigenvalue weighted by molar-refractivity contribution is 0.0276. The van der Waals surface area contributed by atoms with Crippen molar-refractivity contribution in [3.8, 4) is 0 Å². The minimum absolute atomic E-state index is 0. The van der Waals surface area contributed by atoms with Crippen LogP contribution in [0.5, 0.6) is 0 Å². The molecule has 10 aromatic carbocycles. The number of halogens is 7. The highest BCUT2D eigenvalue weighted by Gasteiger charge is 2.42. The lowest BCUT2D eigenvalue weighted by Crippen LogP contribution is -2.50. The van der Waals surface area contributed by atoms with Crippen LogP contribution in [0.2, 0.25) is 0 Å². The summed E-state index contributed by atoms with van der Waals surface area (Å²) in [7, 11) is 7.50. The van der Waals surface area contributed by atoms with Gasteiger partial charge in [-0.2, -0.15) is 3.89 Å². The lowest BCUT2D eigenvalue weighted by Gasteiger charge is -2.41. The highest BCUT2D eigenvalue weighted by molar-refractivity contribution is 7.93. The van der Waals surface area contributed by atoms with E-state index >= 15 is 0 Å². The Morgan fingerprint density at radius 1 is 0.379 bits per heavy atom. The first-order chi connectivity index (χ1) is 66.8. The van der Waals surface area contributed by atoms with Crippen molar-refractivity contribution in [1.29, 1.82) is 0 Å². The fourth-order valence-electron chi connectivity index (χ4n) is 19.6. The number of ether oxygens (including phenoxy) is 2. The van der Waals surface area contributed by atoms with Gasteiger partial charge < -0.3 is 74.8 Å². The van der Waals surface area contributed by atoms with Crippen LogP contribution in [0.4, 0.5) is 54.6 Å². The molecule has 4 saturated heterocycles. The maximum Gasteiger partial charge on any atom is 0.410 e. The summed E-state index contributed by atoms with van der Waals surface area (Å²) in [4.78, 5) is 92.3. The van der Waals surface area contributed by atoms with Gasteiger partial charge in [-0.15, -0.1) is 0 Å². The Bertz CT molecular complexity index is 5610. The molecule has 10 aromatic rings. The van der Waals surface area contributed by atoms with Gasteiger partial charge in [-0.25, -0.2) is 45.9 Å². The van der Waals surface area contributed by atoms with Crippen molar-refractivity contribution in [2.24, 2.45) is 0 Å². The monoisotopic (exact) mass is 1960 g/mol. The fourth-order valence-corrected chi connectivity index (χ4v) is 19.8. The molecule has 4 N–H and O–H groups in total. The summed E-state index contributed by atoms with van der Waals surface area (Å²) in [6, 6.07) is 73.6. The Labute approximate surface area is 830 Å². The third kappa shape index (κ3) is 27.7. The first-order valence-corrected chi connectivity index (χ1v) is 49.4. The maximum atomic E-state index is 13.7. The van der Waals surface area contributed by atoms with Crippen LogP contribution in [0.25, 0.3) is 0 Å². The average Bonchev–Trinajstić information content (AvgIpc) is 0.969. The summed E-state index contributed by atoms with van der Waals surface area (Å²) in [5, 5.41) is 12.8. The number of rotatable bonds is 9. The third-order valence-electron chi connectivity index (χ3n) is 26.8. The molecule has 9 aliphatic heterocycles. The van der Waals surface area contributed by atoms with Gasteiger partial charge in [0.25, 0.3) is 0 Å². The van der Waals surface area contributed by atoms with Crippen LogP contribution >= 0.6 is 23.7 Å². The summed E-state index contributed by atoms with van der Waals surface area (Å²) in [5.41, 5.74) is 15.8. The molecule has 0 spiro atoms. The Morgan fingerprint density at radius 2 is 0.664 bits per heavy atom. The number of hydrogen-bond donors (Lipinski definition) is 4. The van der Waals surface area contributed by atoms with Crippen molar-refractivity contribution >= 4 is 59.4 Å². The minimum Gasteiger partial charge on any atom is -0.444 e. The summed E-state index contributed by atoms with van der Waals surface area (Å²) < 4.78 is 87.5. The number of urea groups is 3. The molecule has 19 rings (SSSR count). The molecule has 29 heteroatoms. The quantitative estimate of drug-likeness (QED) is 0.0605. The molecule has 9 atom stereocenters. The summed E-state index contributed by atoms with van der Waals surface area (Å²) in [6.45, 7) is 20.8. The molecule has 0 bridgehead atoms. The standard InChI is InChI=1S/C26H32FN3O3.2C21H24FN3O.C16H13ClFNO.C15H14FN.C10H20N2O2.CH3FS.CH4/c1-26(2,3)33-25(32)29-15-14-21(17-29)28(4)24(31)30-16-13-18-7-5-6-8-22(18)23(30)19-9-11-20(27)12-10-19;2*1-24(18-10-12-23-14-18)21(26)25-13-11-15-4-2-3-5-19(15)20(25)16-6-8-17(22)9-7-16;17-16(20)19-10-9-11-3-1-2-4-14(11)15(19)12-5-7-13(18)8-6-12;16-13-7-5-12(6-8-13)15-14-4-2-1-3-11(14)9-10-17-15;1-10(2,3)14-9(13)12-6-5-8(7-12)11-4;1-3-2;/h5-12,21,23H,13-17H2,1-4H3;2*2-9,18,20,23H,10-14H2,1H3;1-8,15H,9-10H2;1-8,15,17H,9-10H2;8,11H,5-7H2,1-4H3;1H3;1H4/t21-,23?;18-,20?;18-,20+;2*15-;8-;;/m111001../s1. The van der Waals surface area contributed by atoms with Gasteiger partial charge in [0.2, 0.25) is 0 Å². The smallest absolute Gasteiger partial charge is 0.410 e. The molecular weight excluding hydrogens is 1820 g/mol. The molecular formula is C111H134ClF6N13O8S. The number of benzene rings is 10. The number of hydrogen-bond acceptors (Lipinski definition) is 13. The number of carbonyl (C=O) groups excluding carboxylic acids is 6. The number of likely N-dealkylation sites (tertiary alicyclic amines) is 2. The van der Waals surface area contributed by atoms with Gasteiger partial charge in [-0.3, -0.25) is 4.79 Å². The number of fused-ring (bicyclic) bond motifs is 5. The first kappa shape index (κ1) is 107. The molecule has 0 radical (unpaired) electrons. The fraction of sp³-hybridized carbons (Fsp3) is 0.405. The minimum atomic E-state index is -0.555. The average molecular weight is 1960 g/mol. The SMILES string of the molecule is C.CN(C(=O)N1CCc2ccccc2C1c1ccc(F)cc1)[C@@H]1CCN(C(=O)OC(C)(C)C)C1.CN(C(=O)N1CCc2ccccc2C1c1ccc(F)cc1)[C@@H]1CCNC1.CN(C(=O)N1CCc2ccccc2[C@@H]1c1ccc(F)cc1)[C@@H]1CCNC1.CN[C@@H]1CCN(C(=O)OC(C)(C)C)C1.CSF.Fc1ccc([C@@H]2NCCc3ccccc32)cc1.O=C(Cl)N1CCc2ccccc2[C@@H]1c1ccc(F)cc1. The second kappa shape index (κ2) is 50.0. The van der Waals surface area contributed by atoms with E-state index in [-0.39, 0.29) is 127 Å². The van der Waals surface area contributed by atoms with Crippen LogP contribution in [0.3, 0.4) is 0 Å². The maximum absolute atomic E-state index is 13.7. The van der Waals surface area contributed by atoms with E-state index in [1.807, 2.05) is 160 Å². The van der Waals surface area contributed by atoms with Crippen LogP contribution in [-0.4, -0.2) is 235 Å².